The van der Waals surface area contributed by atoms with E-state index in [1.807, 2.05) is 6.07 Å². The second-order valence-electron chi connectivity index (χ2n) is 9.56. The third-order valence-corrected chi connectivity index (χ3v) is 7.91. The highest BCUT2D eigenvalue weighted by Gasteiger charge is 2.41. The quantitative estimate of drug-likeness (QED) is 0.135. The van der Waals surface area contributed by atoms with Crippen LogP contribution in [-0.2, 0) is 32.0 Å². The summed E-state index contributed by atoms with van der Waals surface area (Å²) in [5.41, 5.74) is 7.18. The van der Waals surface area contributed by atoms with Gasteiger partial charge in [0.1, 0.15) is 29.4 Å². The van der Waals surface area contributed by atoms with Gasteiger partial charge in [0.15, 0.2) is 0 Å². The third-order valence-electron chi connectivity index (χ3n) is 7.11. The molecule has 1 heterocycles. The number of nitrogens with one attached hydrogen (secondary N) is 1. The van der Waals surface area contributed by atoms with Crippen LogP contribution in [0.2, 0.25) is 0 Å². The zero-order valence-electron chi connectivity index (χ0n) is 23.2. The summed E-state index contributed by atoms with van der Waals surface area (Å²) in [5.74, 6) is -0.00867. The predicted molar refractivity (Wildman–Crippen MR) is 157 cm³/mol. The topological polar surface area (TPSA) is 155 Å². The molecule has 1 amide bonds. The van der Waals surface area contributed by atoms with Crippen molar-refractivity contribution in [2.75, 3.05) is 31.7 Å². The maximum absolute atomic E-state index is 14.0. The number of esters is 1. The molecule has 3 atom stereocenters. The molecule has 11 nitrogen and oxygen atoms in total. The number of hydrogen-bond donors (Lipinski definition) is 3. The Kier molecular flexibility index (Phi) is 9.46. The summed E-state index contributed by atoms with van der Waals surface area (Å²) in [4.78, 5) is 28.5. The predicted octanol–water partition coefficient (Wildman–Crippen LogP) is 3.25. The number of piperidine rings is 1. The second-order valence-corrected chi connectivity index (χ2v) is 10.4. The molecule has 1 saturated heterocycles. The molecule has 4 rings (SSSR count). The van der Waals surface area contributed by atoms with E-state index in [1.54, 1.807) is 62.6 Å². The summed E-state index contributed by atoms with van der Waals surface area (Å²) in [6, 6.07) is 13.6. The molecule has 1 aliphatic heterocycles. The van der Waals surface area contributed by atoms with E-state index < -0.39 is 35.2 Å². The van der Waals surface area contributed by atoms with E-state index >= 15 is 0 Å². The van der Waals surface area contributed by atoms with Gasteiger partial charge < -0.3 is 24.8 Å². The van der Waals surface area contributed by atoms with Crippen molar-refractivity contribution >= 4 is 45.4 Å². The zero-order chi connectivity index (χ0) is 29.7. The van der Waals surface area contributed by atoms with Gasteiger partial charge in [0.25, 0.3) is 11.3 Å². The smallest absolute Gasteiger partial charge is 0.329 e. The summed E-state index contributed by atoms with van der Waals surface area (Å²) < 4.78 is 40.6. The lowest BCUT2D eigenvalue weighted by Crippen LogP contribution is -2.58. The first-order valence-corrected chi connectivity index (χ1v) is 14.2. The molecule has 3 unspecified atom stereocenters. The van der Waals surface area contributed by atoms with E-state index in [0.717, 1.165) is 20.6 Å². The summed E-state index contributed by atoms with van der Waals surface area (Å²) in [6.07, 6.45) is 0.988. The molecule has 0 aromatic heterocycles. The summed E-state index contributed by atoms with van der Waals surface area (Å²) in [6.45, 7) is 2.12. The Hall–Kier alpha value is -4.16. The standard InChI is InChI=1S/C29H34N4O7S/c1-4-40-29(35)25(14-18-7-9-19(10-8-18)27(30)31)32-13-5-6-24(28(32)34)33(41(36)37)21-15-20-11-12-22(38-2)17-23(20)26(16-21)39-3/h7-12,15-17,24-25H,4-6,13-14H2,1-3H3,(H3,30,31)(H,36,37). The SMILES string of the molecule is CCOC(=O)C(Cc1ccc(C(=N)N)cc1)N1CCCC(N(c2cc(OC)c3cc(OC)ccc3c2)S(=O)O)C1=O. The maximum atomic E-state index is 14.0. The number of nitrogens with zero attached hydrogens (tertiary/aromatic N) is 2. The Morgan fingerprint density at radius 1 is 1.17 bits per heavy atom. The van der Waals surface area contributed by atoms with Crippen LogP contribution in [0.4, 0.5) is 5.69 Å². The molecule has 218 valence electrons. The molecule has 41 heavy (non-hydrogen) atoms. The van der Waals surface area contributed by atoms with Crippen LogP contribution in [0, 0.1) is 5.41 Å². The van der Waals surface area contributed by atoms with Crippen LogP contribution < -0.4 is 19.5 Å². The number of nitrogens with two attached hydrogens (primary N) is 1. The van der Waals surface area contributed by atoms with E-state index in [-0.39, 0.29) is 25.4 Å². The van der Waals surface area contributed by atoms with Crippen LogP contribution in [0.25, 0.3) is 10.8 Å². The number of nitrogen functional groups attached to an aromatic ring is 1. The first-order chi connectivity index (χ1) is 19.7. The van der Waals surface area contributed by atoms with Crippen molar-refractivity contribution in [1.29, 1.82) is 5.41 Å². The lowest BCUT2D eigenvalue weighted by Gasteiger charge is -2.40. The molecule has 4 N–H and O–H groups in total. The molecule has 3 aromatic carbocycles. The van der Waals surface area contributed by atoms with Crippen LogP contribution in [0.5, 0.6) is 11.5 Å². The fourth-order valence-corrected chi connectivity index (χ4v) is 5.80. The van der Waals surface area contributed by atoms with Crippen molar-refractivity contribution in [2.24, 2.45) is 5.73 Å². The second kappa shape index (κ2) is 13.0. The monoisotopic (exact) mass is 582 g/mol. The summed E-state index contributed by atoms with van der Waals surface area (Å²) >= 11 is -2.56. The van der Waals surface area contributed by atoms with Crippen LogP contribution in [0.1, 0.15) is 30.9 Å². The molecular weight excluding hydrogens is 548 g/mol. The van der Waals surface area contributed by atoms with Crippen molar-refractivity contribution in [2.45, 2.75) is 38.3 Å². The average molecular weight is 583 g/mol. The minimum absolute atomic E-state index is 0.0749. The van der Waals surface area contributed by atoms with Crippen molar-refractivity contribution < 1.29 is 32.6 Å². The number of fused-ring (bicyclic) bond motifs is 1. The summed E-state index contributed by atoms with van der Waals surface area (Å²) in [7, 11) is 3.06. The molecule has 1 fully saturated rings. The van der Waals surface area contributed by atoms with Crippen LogP contribution in [0.15, 0.2) is 54.6 Å². The number of carbonyl (C=O) groups is 2. The lowest BCUT2D eigenvalue weighted by molar-refractivity contribution is -0.156. The number of anilines is 1. The van der Waals surface area contributed by atoms with Gasteiger partial charge in [0.05, 0.1) is 26.5 Å². The van der Waals surface area contributed by atoms with Gasteiger partial charge in [-0.1, -0.05) is 30.3 Å². The van der Waals surface area contributed by atoms with Crippen molar-refractivity contribution in [3.05, 3.63) is 65.7 Å². The number of likely N-dealkylation sites (tertiary alicyclic amines) is 1. The highest BCUT2D eigenvalue weighted by Crippen LogP contribution is 2.36. The third kappa shape index (κ3) is 6.44. The maximum Gasteiger partial charge on any atom is 0.329 e. The number of rotatable bonds is 11. The molecule has 0 bridgehead atoms. The number of ether oxygens (including phenoxy) is 3. The van der Waals surface area contributed by atoms with E-state index in [4.69, 9.17) is 25.4 Å². The van der Waals surface area contributed by atoms with E-state index in [1.165, 1.54) is 12.0 Å². The highest BCUT2D eigenvalue weighted by atomic mass is 32.2. The number of amides is 1. The Morgan fingerprint density at radius 3 is 2.51 bits per heavy atom. The molecule has 0 saturated carbocycles. The lowest BCUT2D eigenvalue weighted by atomic mass is 9.97. The molecular formula is C29H34N4O7S. The van der Waals surface area contributed by atoms with Gasteiger partial charge in [-0.15, -0.1) is 0 Å². The van der Waals surface area contributed by atoms with Gasteiger partial charge in [-0.05, 0) is 48.9 Å². The Balaban J connectivity index is 1.69. The molecule has 12 heteroatoms. The van der Waals surface area contributed by atoms with E-state index in [0.29, 0.717) is 35.6 Å². The normalized spacial score (nSPS) is 16.6. The summed E-state index contributed by atoms with van der Waals surface area (Å²) in [5, 5.41) is 9.08. The molecule has 1 aliphatic rings. The number of carbonyl (C=O) groups excluding carboxylic acids is 2. The zero-order valence-corrected chi connectivity index (χ0v) is 24.0. The van der Waals surface area contributed by atoms with E-state index in [2.05, 4.69) is 0 Å². The van der Waals surface area contributed by atoms with Crippen molar-refractivity contribution in [1.82, 2.24) is 4.90 Å². The highest BCUT2D eigenvalue weighted by molar-refractivity contribution is 7.80. The van der Waals surface area contributed by atoms with Crippen LogP contribution in [-0.4, -0.2) is 70.8 Å². The minimum atomic E-state index is -2.56. The Bertz CT molecular complexity index is 1460. The Labute approximate surface area is 241 Å². The fourth-order valence-electron chi connectivity index (χ4n) is 5.10. The van der Waals surface area contributed by atoms with Crippen molar-refractivity contribution in [3.8, 4) is 11.5 Å². The van der Waals surface area contributed by atoms with Gasteiger partial charge in [-0.25, -0.2) is 9.00 Å². The number of methoxy groups -OCH3 is 2. The van der Waals surface area contributed by atoms with Crippen LogP contribution >= 0.6 is 0 Å². The van der Waals surface area contributed by atoms with Gasteiger partial charge in [0.2, 0.25) is 5.91 Å². The van der Waals surface area contributed by atoms with Gasteiger partial charge >= 0.3 is 5.97 Å². The van der Waals surface area contributed by atoms with Gasteiger partial charge in [-0.3, -0.25) is 19.1 Å². The molecule has 0 radical (unpaired) electrons. The number of benzene rings is 3. The first kappa shape index (κ1) is 29.8. The Morgan fingerprint density at radius 2 is 1.90 bits per heavy atom. The minimum Gasteiger partial charge on any atom is -0.497 e. The average Bonchev–Trinajstić information content (AvgIpc) is 2.96. The molecule has 0 aliphatic carbocycles. The van der Waals surface area contributed by atoms with Gasteiger partial charge in [-0.2, -0.15) is 0 Å². The largest absolute Gasteiger partial charge is 0.497 e. The van der Waals surface area contributed by atoms with Crippen LogP contribution in [0.3, 0.4) is 0 Å². The van der Waals surface area contributed by atoms with Gasteiger partial charge in [0, 0.05) is 30.0 Å². The molecule has 0 spiro atoms. The number of amidine groups is 1. The van der Waals surface area contributed by atoms with Crippen molar-refractivity contribution in [3.63, 3.8) is 0 Å². The first-order valence-electron chi connectivity index (χ1n) is 13.1. The fraction of sp³-hybridized carbons (Fsp3) is 0.345. The van der Waals surface area contributed by atoms with E-state index in [9.17, 15) is 18.4 Å². The molecule has 3 aromatic rings. The number of hydrogen-bond acceptors (Lipinski definition) is 7.